The maximum absolute atomic E-state index is 5.90. The molecule has 4 heterocycles. The Morgan fingerprint density at radius 1 is 1.16 bits per heavy atom. The molecule has 31 heavy (non-hydrogen) atoms. The standard InChI is InChI=1S/C22H24N6O3/c1-4-14-18(12-5-6-16(29-2)17(9-12)30-3)25-15-11-24-20(26-19(14)15)22-28-27-21(31-22)13-7-8-23-10-13/h5-6,9,11,13,23,25H,4,7-8,10H2,1-3H3. The molecule has 1 aromatic carbocycles. The van der Waals surface area contributed by atoms with Gasteiger partial charge in [-0.05, 0) is 37.6 Å². The lowest BCUT2D eigenvalue weighted by Crippen LogP contribution is -2.08. The number of aromatic nitrogens is 5. The molecule has 160 valence electrons. The van der Waals surface area contributed by atoms with Crippen LogP contribution in [0, 0.1) is 0 Å². The summed E-state index contributed by atoms with van der Waals surface area (Å²) >= 11 is 0. The zero-order chi connectivity index (χ0) is 21.4. The zero-order valence-corrected chi connectivity index (χ0v) is 17.7. The molecular weight excluding hydrogens is 396 g/mol. The van der Waals surface area contributed by atoms with E-state index in [0.717, 1.165) is 53.8 Å². The number of aromatic amines is 1. The molecule has 1 aliphatic heterocycles. The van der Waals surface area contributed by atoms with E-state index < -0.39 is 0 Å². The second-order valence-electron chi connectivity index (χ2n) is 7.49. The van der Waals surface area contributed by atoms with Gasteiger partial charge in [-0.15, -0.1) is 10.2 Å². The third-order valence-corrected chi connectivity index (χ3v) is 5.70. The van der Waals surface area contributed by atoms with Gasteiger partial charge in [-0.2, -0.15) is 0 Å². The molecule has 4 aromatic rings. The highest BCUT2D eigenvalue weighted by molar-refractivity contribution is 5.88. The Hall–Kier alpha value is -3.46. The number of benzene rings is 1. The summed E-state index contributed by atoms with van der Waals surface area (Å²) in [4.78, 5) is 12.7. The number of aryl methyl sites for hydroxylation is 1. The highest BCUT2D eigenvalue weighted by atomic mass is 16.5. The van der Waals surface area contributed by atoms with Crippen LogP contribution in [-0.4, -0.2) is 52.5 Å². The second-order valence-corrected chi connectivity index (χ2v) is 7.49. The number of rotatable bonds is 6. The van der Waals surface area contributed by atoms with E-state index in [0.29, 0.717) is 29.1 Å². The van der Waals surface area contributed by atoms with Gasteiger partial charge in [0.25, 0.3) is 5.89 Å². The van der Waals surface area contributed by atoms with Gasteiger partial charge in [-0.1, -0.05) is 6.92 Å². The summed E-state index contributed by atoms with van der Waals surface area (Å²) in [7, 11) is 3.26. The minimum Gasteiger partial charge on any atom is -0.493 e. The Morgan fingerprint density at radius 3 is 2.77 bits per heavy atom. The highest BCUT2D eigenvalue weighted by Crippen LogP contribution is 2.36. The Bertz CT molecular complexity index is 1230. The Balaban J connectivity index is 1.55. The second kappa shape index (κ2) is 7.99. The maximum Gasteiger partial charge on any atom is 0.285 e. The van der Waals surface area contributed by atoms with Gasteiger partial charge >= 0.3 is 0 Å². The molecule has 0 aliphatic carbocycles. The first-order chi connectivity index (χ1) is 15.2. The lowest BCUT2D eigenvalue weighted by molar-refractivity contribution is 0.355. The molecule has 0 bridgehead atoms. The maximum atomic E-state index is 5.90. The number of methoxy groups -OCH3 is 2. The van der Waals surface area contributed by atoms with Crippen LogP contribution < -0.4 is 14.8 Å². The lowest BCUT2D eigenvalue weighted by Gasteiger charge is -2.09. The molecule has 3 aromatic heterocycles. The molecular formula is C22H24N6O3. The van der Waals surface area contributed by atoms with E-state index in [4.69, 9.17) is 18.9 Å². The molecule has 0 amide bonds. The van der Waals surface area contributed by atoms with Gasteiger partial charge in [-0.3, -0.25) is 0 Å². The summed E-state index contributed by atoms with van der Waals surface area (Å²) in [5.41, 5.74) is 4.76. The Morgan fingerprint density at radius 2 is 2.03 bits per heavy atom. The van der Waals surface area contributed by atoms with Crippen LogP contribution in [0.3, 0.4) is 0 Å². The average Bonchev–Trinajstić information content (AvgIpc) is 3.57. The van der Waals surface area contributed by atoms with Crippen molar-refractivity contribution >= 4 is 11.0 Å². The van der Waals surface area contributed by atoms with Crippen molar-refractivity contribution in [3.05, 3.63) is 35.9 Å². The van der Waals surface area contributed by atoms with Gasteiger partial charge in [0.15, 0.2) is 11.5 Å². The van der Waals surface area contributed by atoms with Crippen molar-refractivity contribution in [3.8, 4) is 34.5 Å². The van der Waals surface area contributed by atoms with Crippen LogP contribution in [0.1, 0.15) is 30.7 Å². The first-order valence-corrected chi connectivity index (χ1v) is 10.4. The predicted molar refractivity (Wildman–Crippen MR) is 115 cm³/mol. The Kier molecular flexibility index (Phi) is 5.03. The van der Waals surface area contributed by atoms with Gasteiger partial charge in [-0.25, -0.2) is 9.97 Å². The number of nitrogens with zero attached hydrogens (tertiary/aromatic N) is 4. The smallest absolute Gasteiger partial charge is 0.285 e. The third kappa shape index (κ3) is 3.40. The van der Waals surface area contributed by atoms with Crippen LogP contribution in [0.2, 0.25) is 0 Å². The molecule has 9 heteroatoms. The molecule has 0 spiro atoms. The molecule has 5 rings (SSSR count). The molecule has 0 saturated carbocycles. The topological polar surface area (TPSA) is 111 Å². The van der Waals surface area contributed by atoms with Crippen LogP contribution in [0.4, 0.5) is 0 Å². The van der Waals surface area contributed by atoms with Crippen molar-refractivity contribution < 1.29 is 13.9 Å². The van der Waals surface area contributed by atoms with Crippen LogP contribution in [0.25, 0.3) is 34.0 Å². The van der Waals surface area contributed by atoms with Gasteiger partial charge in [0, 0.05) is 17.7 Å². The van der Waals surface area contributed by atoms with Crippen molar-refractivity contribution in [3.63, 3.8) is 0 Å². The monoisotopic (exact) mass is 420 g/mol. The van der Waals surface area contributed by atoms with Crippen LogP contribution in [0.15, 0.2) is 28.8 Å². The largest absolute Gasteiger partial charge is 0.493 e. The summed E-state index contributed by atoms with van der Waals surface area (Å²) in [6, 6.07) is 5.85. The molecule has 1 aliphatic rings. The fourth-order valence-corrected chi connectivity index (χ4v) is 4.07. The number of ether oxygens (including phenoxy) is 2. The first kappa shape index (κ1) is 19.5. The van der Waals surface area contributed by atoms with Crippen molar-refractivity contribution in [1.29, 1.82) is 0 Å². The van der Waals surface area contributed by atoms with E-state index in [1.54, 1.807) is 20.4 Å². The average molecular weight is 420 g/mol. The third-order valence-electron chi connectivity index (χ3n) is 5.70. The van der Waals surface area contributed by atoms with Crippen LogP contribution >= 0.6 is 0 Å². The minimum absolute atomic E-state index is 0.250. The van der Waals surface area contributed by atoms with E-state index in [1.165, 1.54) is 0 Å². The number of H-pyrrole nitrogens is 1. The van der Waals surface area contributed by atoms with Gasteiger partial charge in [0.2, 0.25) is 11.7 Å². The molecule has 1 saturated heterocycles. The van der Waals surface area contributed by atoms with Crippen LogP contribution in [0.5, 0.6) is 11.5 Å². The van der Waals surface area contributed by atoms with Crippen molar-refractivity contribution in [2.45, 2.75) is 25.7 Å². The number of hydrogen-bond acceptors (Lipinski definition) is 8. The molecule has 0 radical (unpaired) electrons. The normalized spacial score (nSPS) is 16.2. The molecule has 1 unspecified atom stereocenters. The molecule has 2 N–H and O–H groups in total. The number of nitrogens with one attached hydrogen (secondary N) is 2. The minimum atomic E-state index is 0.250. The summed E-state index contributed by atoms with van der Waals surface area (Å²) in [5, 5.41) is 11.7. The fourth-order valence-electron chi connectivity index (χ4n) is 4.07. The lowest BCUT2D eigenvalue weighted by atomic mass is 10.0. The molecule has 9 nitrogen and oxygen atoms in total. The van der Waals surface area contributed by atoms with E-state index >= 15 is 0 Å². The van der Waals surface area contributed by atoms with Gasteiger partial charge in [0.1, 0.15) is 0 Å². The predicted octanol–water partition coefficient (Wildman–Crippen LogP) is 3.33. The quantitative estimate of drug-likeness (QED) is 0.489. The van der Waals surface area contributed by atoms with Gasteiger partial charge < -0.3 is 24.2 Å². The van der Waals surface area contributed by atoms with Crippen molar-refractivity contribution in [2.75, 3.05) is 27.3 Å². The van der Waals surface area contributed by atoms with E-state index in [2.05, 4.69) is 32.4 Å². The Labute approximate surface area is 179 Å². The molecule has 1 fully saturated rings. The fraction of sp³-hybridized carbons (Fsp3) is 0.364. The summed E-state index contributed by atoms with van der Waals surface area (Å²) in [6.45, 7) is 3.92. The van der Waals surface area contributed by atoms with E-state index in [-0.39, 0.29) is 5.92 Å². The van der Waals surface area contributed by atoms with Crippen LogP contribution in [-0.2, 0) is 6.42 Å². The molecule has 1 atom stereocenters. The first-order valence-electron chi connectivity index (χ1n) is 10.4. The highest BCUT2D eigenvalue weighted by Gasteiger charge is 2.24. The number of fused-ring (bicyclic) bond motifs is 1. The van der Waals surface area contributed by atoms with Crippen molar-refractivity contribution in [2.24, 2.45) is 0 Å². The summed E-state index contributed by atoms with van der Waals surface area (Å²) < 4.78 is 16.7. The SMILES string of the molecule is CCc1c(-c2ccc(OC)c(OC)c2)[nH]c2cnc(-c3nnc(C4CCNC4)o3)nc12. The summed E-state index contributed by atoms with van der Waals surface area (Å²) in [6.07, 6.45) is 3.55. The number of hydrogen-bond donors (Lipinski definition) is 2. The van der Waals surface area contributed by atoms with E-state index in [1.807, 2.05) is 18.2 Å². The summed E-state index contributed by atoms with van der Waals surface area (Å²) in [5.74, 6) is 3.03. The van der Waals surface area contributed by atoms with Gasteiger partial charge in [0.05, 0.1) is 43.1 Å². The zero-order valence-electron chi connectivity index (χ0n) is 17.7. The van der Waals surface area contributed by atoms with E-state index in [9.17, 15) is 0 Å². The van der Waals surface area contributed by atoms with Crippen molar-refractivity contribution in [1.82, 2.24) is 30.5 Å².